The van der Waals surface area contributed by atoms with Crippen LogP contribution in [0.5, 0.6) is 11.5 Å². The Labute approximate surface area is 121 Å². The molecule has 0 radical (unpaired) electrons. The number of hydrogen-bond donors (Lipinski definition) is 1. The molecule has 3 rings (SSSR count). The summed E-state index contributed by atoms with van der Waals surface area (Å²) in [6, 6.07) is 11.5. The van der Waals surface area contributed by atoms with E-state index >= 15 is 0 Å². The lowest BCUT2D eigenvalue weighted by Gasteiger charge is -2.09. The Bertz CT molecular complexity index is 789. The Morgan fingerprint density at radius 3 is 2.85 bits per heavy atom. The van der Waals surface area contributed by atoms with Crippen molar-refractivity contribution in [2.75, 3.05) is 0 Å². The molecule has 4 nitrogen and oxygen atoms in total. The van der Waals surface area contributed by atoms with Gasteiger partial charge >= 0.3 is 0 Å². The average Bonchev–Trinajstić information content (AvgIpc) is 2.47. The number of nitrogens with zero attached hydrogens (tertiary/aromatic N) is 2. The zero-order chi connectivity index (χ0) is 13.9. The fourth-order valence-corrected chi connectivity index (χ4v) is 2.07. The predicted octanol–water partition coefficient (Wildman–Crippen LogP) is 3.06. The monoisotopic (exact) mass is 281 g/mol. The number of rotatable bonds is 3. The number of thiocarbonyl (C=S) groups is 1. The number of benzene rings is 1. The van der Waals surface area contributed by atoms with Crippen molar-refractivity contribution in [3.8, 4) is 11.5 Å². The number of fused-ring (bicyclic) bond motifs is 1. The number of aromatic nitrogens is 2. The Morgan fingerprint density at radius 2 is 2.00 bits per heavy atom. The standard InChI is InChI=1S/C15H11N3OS/c16-15(20)12-5-6-17-9-14(12)19-11-7-10-3-1-2-4-13(10)18-8-11/h1-9H,(H2,16,20). The lowest BCUT2D eigenvalue weighted by molar-refractivity contribution is 0.478. The van der Waals surface area contributed by atoms with Crippen LogP contribution in [0.3, 0.4) is 0 Å². The van der Waals surface area contributed by atoms with Gasteiger partial charge in [-0.05, 0) is 18.2 Å². The van der Waals surface area contributed by atoms with E-state index in [2.05, 4.69) is 9.97 Å². The summed E-state index contributed by atoms with van der Waals surface area (Å²) in [5, 5.41) is 1.01. The van der Waals surface area contributed by atoms with Crippen LogP contribution in [0.4, 0.5) is 0 Å². The van der Waals surface area contributed by atoms with Crippen molar-refractivity contribution in [1.29, 1.82) is 0 Å². The molecule has 20 heavy (non-hydrogen) atoms. The topological polar surface area (TPSA) is 61.0 Å². The summed E-state index contributed by atoms with van der Waals surface area (Å²) in [6.07, 6.45) is 4.88. The van der Waals surface area contributed by atoms with Gasteiger partial charge in [0, 0.05) is 11.6 Å². The van der Waals surface area contributed by atoms with Crippen LogP contribution in [0.1, 0.15) is 5.56 Å². The molecule has 0 aliphatic rings. The van der Waals surface area contributed by atoms with Crippen LogP contribution in [0.15, 0.2) is 55.0 Å². The smallest absolute Gasteiger partial charge is 0.155 e. The maximum atomic E-state index is 5.79. The molecule has 0 saturated carbocycles. The van der Waals surface area contributed by atoms with Gasteiger partial charge in [0.05, 0.1) is 23.5 Å². The number of para-hydroxylation sites is 1. The van der Waals surface area contributed by atoms with Crippen LogP contribution in [-0.4, -0.2) is 15.0 Å². The van der Waals surface area contributed by atoms with Crippen molar-refractivity contribution in [1.82, 2.24) is 9.97 Å². The molecule has 0 unspecified atom stereocenters. The van der Waals surface area contributed by atoms with Crippen LogP contribution in [0, 0.1) is 0 Å². The molecular weight excluding hydrogens is 270 g/mol. The molecule has 0 amide bonds. The molecule has 3 aromatic rings. The minimum Gasteiger partial charge on any atom is -0.453 e. The minimum atomic E-state index is 0.274. The second kappa shape index (κ2) is 5.22. The Kier molecular flexibility index (Phi) is 3.26. The van der Waals surface area contributed by atoms with Crippen LogP contribution in [-0.2, 0) is 0 Å². The summed E-state index contributed by atoms with van der Waals surface area (Å²) in [7, 11) is 0. The van der Waals surface area contributed by atoms with E-state index in [1.54, 1.807) is 24.7 Å². The first-order valence-electron chi connectivity index (χ1n) is 6.00. The fraction of sp³-hybridized carbons (Fsp3) is 0. The van der Waals surface area contributed by atoms with Gasteiger partial charge in [0.1, 0.15) is 10.7 Å². The summed E-state index contributed by atoms with van der Waals surface area (Å²) >= 11 is 5.00. The van der Waals surface area contributed by atoms with Crippen LogP contribution in [0.2, 0.25) is 0 Å². The number of hydrogen-bond acceptors (Lipinski definition) is 4. The van der Waals surface area contributed by atoms with Crippen LogP contribution >= 0.6 is 12.2 Å². The van der Waals surface area contributed by atoms with Crippen molar-refractivity contribution in [2.24, 2.45) is 5.73 Å². The van der Waals surface area contributed by atoms with Gasteiger partial charge in [0.25, 0.3) is 0 Å². The number of nitrogens with two attached hydrogens (primary N) is 1. The summed E-state index contributed by atoms with van der Waals surface area (Å²) < 4.78 is 5.79. The first-order chi connectivity index (χ1) is 9.74. The lowest BCUT2D eigenvalue weighted by atomic mass is 10.2. The predicted molar refractivity (Wildman–Crippen MR) is 81.9 cm³/mol. The third-order valence-corrected chi connectivity index (χ3v) is 3.06. The first-order valence-corrected chi connectivity index (χ1v) is 6.41. The van der Waals surface area contributed by atoms with Gasteiger partial charge in [-0.3, -0.25) is 9.97 Å². The van der Waals surface area contributed by atoms with Gasteiger partial charge in [-0.15, -0.1) is 0 Å². The van der Waals surface area contributed by atoms with Crippen molar-refractivity contribution in [2.45, 2.75) is 0 Å². The van der Waals surface area contributed by atoms with E-state index in [0.717, 1.165) is 10.9 Å². The van der Waals surface area contributed by atoms with E-state index in [1.165, 1.54) is 0 Å². The third-order valence-electron chi connectivity index (χ3n) is 2.84. The van der Waals surface area contributed by atoms with E-state index < -0.39 is 0 Å². The van der Waals surface area contributed by atoms with Crippen LogP contribution < -0.4 is 10.5 Å². The molecule has 0 fully saturated rings. The minimum absolute atomic E-state index is 0.274. The van der Waals surface area contributed by atoms with E-state index in [9.17, 15) is 0 Å². The lowest BCUT2D eigenvalue weighted by Crippen LogP contribution is -2.10. The highest BCUT2D eigenvalue weighted by Crippen LogP contribution is 2.26. The molecule has 1 aromatic carbocycles. The van der Waals surface area contributed by atoms with E-state index in [1.807, 2.05) is 30.3 Å². The van der Waals surface area contributed by atoms with Crippen molar-refractivity contribution < 1.29 is 4.74 Å². The molecule has 2 aromatic heterocycles. The fourth-order valence-electron chi connectivity index (χ4n) is 1.90. The summed E-state index contributed by atoms with van der Waals surface area (Å²) in [5.74, 6) is 1.14. The maximum Gasteiger partial charge on any atom is 0.155 e. The summed E-state index contributed by atoms with van der Waals surface area (Å²) in [4.78, 5) is 8.64. The molecule has 2 N–H and O–H groups in total. The first kappa shape index (κ1) is 12.5. The zero-order valence-electron chi connectivity index (χ0n) is 10.5. The molecule has 2 heterocycles. The van der Waals surface area contributed by atoms with Gasteiger partial charge in [-0.1, -0.05) is 30.4 Å². The molecule has 0 aliphatic carbocycles. The average molecular weight is 281 g/mol. The summed E-state index contributed by atoms with van der Waals surface area (Å²) in [5.41, 5.74) is 7.24. The second-order valence-corrected chi connectivity index (χ2v) is 4.64. The number of ether oxygens (including phenoxy) is 1. The summed E-state index contributed by atoms with van der Waals surface area (Å²) in [6.45, 7) is 0. The Balaban J connectivity index is 1.99. The van der Waals surface area contributed by atoms with Gasteiger partial charge in [-0.25, -0.2) is 0 Å². The Morgan fingerprint density at radius 1 is 1.15 bits per heavy atom. The van der Waals surface area contributed by atoms with Gasteiger partial charge in [-0.2, -0.15) is 0 Å². The highest BCUT2D eigenvalue weighted by atomic mass is 32.1. The second-order valence-electron chi connectivity index (χ2n) is 4.20. The molecule has 0 spiro atoms. The highest BCUT2D eigenvalue weighted by molar-refractivity contribution is 7.80. The zero-order valence-corrected chi connectivity index (χ0v) is 11.3. The van der Waals surface area contributed by atoms with Gasteiger partial charge < -0.3 is 10.5 Å². The molecular formula is C15H11N3OS. The maximum absolute atomic E-state index is 5.79. The van der Waals surface area contributed by atoms with E-state index in [0.29, 0.717) is 17.1 Å². The molecule has 98 valence electrons. The largest absolute Gasteiger partial charge is 0.453 e. The Hall–Kier alpha value is -2.53. The van der Waals surface area contributed by atoms with Gasteiger partial charge in [0.15, 0.2) is 5.75 Å². The van der Waals surface area contributed by atoms with Crippen molar-refractivity contribution >= 4 is 28.1 Å². The van der Waals surface area contributed by atoms with Gasteiger partial charge in [0.2, 0.25) is 0 Å². The molecule has 0 atom stereocenters. The normalized spacial score (nSPS) is 10.4. The third kappa shape index (κ3) is 2.44. The molecule has 0 bridgehead atoms. The van der Waals surface area contributed by atoms with Crippen molar-refractivity contribution in [3.63, 3.8) is 0 Å². The van der Waals surface area contributed by atoms with E-state index in [-0.39, 0.29) is 4.99 Å². The van der Waals surface area contributed by atoms with Crippen LogP contribution in [0.25, 0.3) is 10.9 Å². The van der Waals surface area contributed by atoms with E-state index in [4.69, 9.17) is 22.7 Å². The SMILES string of the molecule is NC(=S)c1ccncc1Oc1cnc2ccccc2c1. The van der Waals surface area contributed by atoms with Crippen molar-refractivity contribution in [3.05, 3.63) is 60.6 Å². The number of pyridine rings is 2. The molecule has 5 heteroatoms. The quantitative estimate of drug-likeness (QED) is 0.748. The molecule has 0 saturated heterocycles. The molecule has 0 aliphatic heterocycles. The highest BCUT2D eigenvalue weighted by Gasteiger charge is 2.08.